The average molecular weight is 247 g/mol. The third-order valence-electron chi connectivity index (χ3n) is 3.47. The van der Waals surface area contributed by atoms with Crippen LogP contribution >= 0.6 is 0 Å². The van der Waals surface area contributed by atoms with Gasteiger partial charge in [0, 0.05) is 13.2 Å². The molecule has 98 valence electrons. The minimum absolute atomic E-state index is 0.0489. The normalized spacial score (nSPS) is 20.6. The van der Waals surface area contributed by atoms with Gasteiger partial charge < -0.3 is 10.1 Å². The molecule has 3 nitrogen and oxygen atoms in total. The van der Waals surface area contributed by atoms with E-state index < -0.39 is 0 Å². The third-order valence-corrected chi connectivity index (χ3v) is 3.47. The van der Waals surface area contributed by atoms with Gasteiger partial charge in [0.15, 0.2) is 0 Å². The third kappa shape index (κ3) is 3.57. The lowest BCUT2D eigenvalue weighted by Crippen LogP contribution is -2.35. The van der Waals surface area contributed by atoms with Crippen LogP contribution in [0.15, 0.2) is 30.3 Å². The molecule has 1 aliphatic heterocycles. The Morgan fingerprint density at radius 3 is 2.89 bits per heavy atom. The van der Waals surface area contributed by atoms with Gasteiger partial charge in [-0.3, -0.25) is 4.79 Å². The molecule has 2 rings (SSSR count). The van der Waals surface area contributed by atoms with Crippen molar-refractivity contribution in [3.05, 3.63) is 35.9 Å². The van der Waals surface area contributed by atoms with Gasteiger partial charge in [-0.25, -0.2) is 0 Å². The highest BCUT2D eigenvalue weighted by atomic mass is 16.5. The molecule has 0 spiro atoms. The van der Waals surface area contributed by atoms with Gasteiger partial charge in [-0.2, -0.15) is 0 Å². The minimum atomic E-state index is -0.211. The van der Waals surface area contributed by atoms with E-state index in [2.05, 4.69) is 36.5 Å². The van der Waals surface area contributed by atoms with Crippen LogP contribution in [0.5, 0.6) is 0 Å². The van der Waals surface area contributed by atoms with Crippen LogP contribution in [-0.2, 0) is 9.53 Å². The number of ether oxygens (including phenoxy) is 1. The second-order valence-electron chi connectivity index (χ2n) is 4.89. The maximum Gasteiger partial charge on any atom is 0.249 e. The van der Waals surface area contributed by atoms with Crippen molar-refractivity contribution in [1.82, 2.24) is 5.32 Å². The Morgan fingerprint density at radius 2 is 2.22 bits per heavy atom. The Balaban J connectivity index is 1.70. The summed E-state index contributed by atoms with van der Waals surface area (Å²) in [6.07, 6.45) is 2.61. The van der Waals surface area contributed by atoms with Crippen LogP contribution in [0.3, 0.4) is 0 Å². The molecule has 1 aromatic carbocycles. The van der Waals surface area contributed by atoms with Gasteiger partial charge in [0.2, 0.25) is 5.91 Å². The van der Waals surface area contributed by atoms with E-state index >= 15 is 0 Å². The van der Waals surface area contributed by atoms with E-state index in [1.807, 2.05) is 6.07 Å². The van der Waals surface area contributed by atoms with Crippen molar-refractivity contribution < 1.29 is 9.53 Å². The molecule has 1 fully saturated rings. The fourth-order valence-corrected chi connectivity index (χ4v) is 2.26. The summed E-state index contributed by atoms with van der Waals surface area (Å²) in [7, 11) is 0. The lowest BCUT2D eigenvalue weighted by atomic mass is 9.98. The number of nitrogens with one attached hydrogen (secondary N) is 1. The number of hydrogen-bond acceptors (Lipinski definition) is 2. The van der Waals surface area contributed by atoms with Crippen molar-refractivity contribution in [2.45, 2.75) is 38.2 Å². The summed E-state index contributed by atoms with van der Waals surface area (Å²) in [5.41, 5.74) is 1.32. The van der Waals surface area contributed by atoms with Gasteiger partial charge in [-0.15, -0.1) is 0 Å². The van der Waals surface area contributed by atoms with Crippen molar-refractivity contribution in [3.63, 3.8) is 0 Å². The number of amides is 1. The van der Waals surface area contributed by atoms with E-state index in [9.17, 15) is 4.79 Å². The lowest BCUT2D eigenvalue weighted by molar-refractivity contribution is -0.130. The van der Waals surface area contributed by atoms with Crippen LogP contribution in [0.25, 0.3) is 0 Å². The standard InChI is InChI=1S/C15H21NO2/c1-12(13-6-3-2-4-7-13)9-10-16-15(17)14-8-5-11-18-14/h2-4,6-7,12,14H,5,8-11H2,1H3,(H,16,17). The smallest absolute Gasteiger partial charge is 0.249 e. The Hall–Kier alpha value is -1.35. The predicted molar refractivity (Wildman–Crippen MR) is 71.5 cm³/mol. The van der Waals surface area contributed by atoms with Crippen LogP contribution in [0.2, 0.25) is 0 Å². The zero-order valence-corrected chi connectivity index (χ0v) is 10.9. The molecule has 3 heteroatoms. The zero-order valence-electron chi connectivity index (χ0n) is 10.9. The summed E-state index contributed by atoms with van der Waals surface area (Å²) in [4.78, 5) is 11.7. The van der Waals surface area contributed by atoms with Crippen LogP contribution in [-0.4, -0.2) is 25.2 Å². The van der Waals surface area contributed by atoms with Crippen molar-refractivity contribution >= 4 is 5.91 Å². The monoisotopic (exact) mass is 247 g/mol. The first-order valence-electron chi connectivity index (χ1n) is 6.71. The number of benzene rings is 1. The van der Waals surface area contributed by atoms with Crippen LogP contribution in [0.4, 0.5) is 0 Å². The van der Waals surface area contributed by atoms with Gasteiger partial charge in [0.05, 0.1) is 0 Å². The van der Waals surface area contributed by atoms with Gasteiger partial charge >= 0.3 is 0 Å². The highest BCUT2D eigenvalue weighted by Crippen LogP contribution is 2.17. The van der Waals surface area contributed by atoms with E-state index in [4.69, 9.17) is 4.74 Å². The summed E-state index contributed by atoms with van der Waals surface area (Å²) >= 11 is 0. The maximum absolute atomic E-state index is 11.7. The highest BCUT2D eigenvalue weighted by Gasteiger charge is 2.22. The van der Waals surface area contributed by atoms with Gasteiger partial charge in [0.1, 0.15) is 6.10 Å². The molecule has 1 amide bonds. The Bertz CT molecular complexity index is 371. The van der Waals surface area contributed by atoms with Gasteiger partial charge in [-0.05, 0) is 30.7 Å². The summed E-state index contributed by atoms with van der Waals surface area (Å²) < 4.78 is 5.34. The Labute approximate surface area is 109 Å². The zero-order chi connectivity index (χ0) is 12.8. The predicted octanol–water partition coefficient (Wildman–Crippen LogP) is 2.48. The lowest BCUT2D eigenvalue weighted by Gasteiger charge is -2.14. The minimum Gasteiger partial charge on any atom is -0.368 e. The topological polar surface area (TPSA) is 38.3 Å². The Morgan fingerprint density at radius 1 is 1.44 bits per heavy atom. The fourth-order valence-electron chi connectivity index (χ4n) is 2.26. The fraction of sp³-hybridized carbons (Fsp3) is 0.533. The molecule has 2 atom stereocenters. The van der Waals surface area contributed by atoms with E-state index in [1.54, 1.807) is 0 Å². The van der Waals surface area contributed by atoms with Gasteiger partial charge in [0.25, 0.3) is 0 Å². The summed E-state index contributed by atoms with van der Waals surface area (Å²) in [6.45, 7) is 3.63. The molecule has 0 aromatic heterocycles. The van der Waals surface area contributed by atoms with Crippen molar-refractivity contribution in [2.75, 3.05) is 13.2 Å². The molecule has 1 aromatic rings. The van der Waals surface area contributed by atoms with Crippen molar-refractivity contribution in [3.8, 4) is 0 Å². The Kier molecular flexibility index (Phi) is 4.76. The van der Waals surface area contributed by atoms with E-state index in [0.29, 0.717) is 5.92 Å². The van der Waals surface area contributed by atoms with E-state index in [0.717, 1.165) is 32.4 Å². The summed E-state index contributed by atoms with van der Waals surface area (Å²) in [5, 5.41) is 2.96. The quantitative estimate of drug-likeness (QED) is 0.868. The van der Waals surface area contributed by atoms with Crippen LogP contribution < -0.4 is 5.32 Å². The second kappa shape index (κ2) is 6.55. The molecule has 18 heavy (non-hydrogen) atoms. The molecule has 0 saturated carbocycles. The van der Waals surface area contributed by atoms with E-state index in [1.165, 1.54) is 5.56 Å². The second-order valence-corrected chi connectivity index (χ2v) is 4.89. The number of carbonyl (C=O) groups is 1. The SMILES string of the molecule is CC(CCNC(=O)C1CCCO1)c1ccccc1. The summed E-state index contributed by atoms with van der Waals surface area (Å²) in [5.74, 6) is 0.517. The van der Waals surface area contributed by atoms with Gasteiger partial charge in [-0.1, -0.05) is 37.3 Å². The number of hydrogen-bond donors (Lipinski definition) is 1. The molecule has 1 saturated heterocycles. The van der Waals surface area contributed by atoms with Crippen LogP contribution in [0, 0.1) is 0 Å². The molecule has 1 N–H and O–H groups in total. The first-order chi connectivity index (χ1) is 8.77. The number of carbonyl (C=O) groups excluding carboxylic acids is 1. The molecule has 1 heterocycles. The van der Waals surface area contributed by atoms with Crippen molar-refractivity contribution in [2.24, 2.45) is 0 Å². The molecular weight excluding hydrogens is 226 g/mol. The first-order valence-corrected chi connectivity index (χ1v) is 6.71. The molecule has 0 radical (unpaired) electrons. The van der Waals surface area contributed by atoms with Crippen molar-refractivity contribution in [1.29, 1.82) is 0 Å². The van der Waals surface area contributed by atoms with Crippen LogP contribution in [0.1, 0.15) is 37.7 Å². The number of rotatable bonds is 5. The average Bonchev–Trinajstić information content (AvgIpc) is 2.93. The largest absolute Gasteiger partial charge is 0.368 e. The highest BCUT2D eigenvalue weighted by molar-refractivity contribution is 5.80. The molecular formula is C15H21NO2. The molecule has 0 bridgehead atoms. The summed E-state index contributed by atoms with van der Waals surface area (Å²) in [6, 6.07) is 10.4. The first kappa shape index (κ1) is 13.1. The molecule has 2 unspecified atom stereocenters. The maximum atomic E-state index is 11.7. The molecule has 1 aliphatic rings. The molecule has 0 aliphatic carbocycles. The van der Waals surface area contributed by atoms with E-state index in [-0.39, 0.29) is 12.0 Å².